The molecule has 0 aliphatic carbocycles. The third-order valence-electron chi connectivity index (χ3n) is 3.77. The summed E-state index contributed by atoms with van der Waals surface area (Å²) in [5.41, 5.74) is 3.77. The van der Waals surface area contributed by atoms with E-state index in [1.807, 2.05) is 6.07 Å². The number of rotatable bonds is 5. The van der Waals surface area contributed by atoms with Crippen LogP contribution in [0.15, 0.2) is 36.4 Å². The van der Waals surface area contributed by atoms with Crippen LogP contribution in [0.25, 0.3) is 0 Å². The van der Waals surface area contributed by atoms with Gasteiger partial charge in [-0.05, 0) is 51.5 Å². The minimum atomic E-state index is -0.556. The van der Waals surface area contributed by atoms with Crippen molar-refractivity contribution in [3.05, 3.63) is 47.5 Å². The van der Waals surface area contributed by atoms with E-state index in [0.29, 0.717) is 14.3 Å². The second-order valence-electron chi connectivity index (χ2n) is 5.36. The van der Waals surface area contributed by atoms with Gasteiger partial charge in [0.1, 0.15) is 5.75 Å². The first kappa shape index (κ1) is 21.8. The van der Waals surface area contributed by atoms with Crippen molar-refractivity contribution >= 4 is 43.5 Å². The Morgan fingerprint density at radius 2 is 1.71 bits per heavy atom. The Morgan fingerprint density at radius 1 is 1.08 bits per heavy atom. The van der Waals surface area contributed by atoms with Gasteiger partial charge in [0.2, 0.25) is 0 Å². The number of phenolic OH excluding ortho intramolecular Hbond substituents is 1. The third kappa shape index (κ3) is 6.24. The first-order chi connectivity index (χ1) is 11.5. The molecule has 0 bridgehead atoms. The number of aryl methyl sites for hydroxylation is 2. The van der Waals surface area contributed by atoms with E-state index in [1.54, 1.807) is 6.07 Å². The summed E-state index contributed by atoms with van der Waals surface area (Å²) in [6.45, 7) is 10.6. The molecular weight excluding hydrogens is 396 g/mol. The van der Waals surface area contributed by atoms with Gasteiger partial charge in [-0.15, -0.1) is 0 Å². The molecule has 1 atom stereocenters. The summed E-state index contributed by atoms with van der Waals surface area (Å²) in [5, 5.41) is 12.5. The van der Waals surface area contributed by atoms with Crippen LogP contribution in [0.3, 0.4) is 0 Å². The van der Waals surface area contributed by atoms with Crippen LogP contribution >= 0.6 is 27.2 Å². The summed E-state index contributed by atoms with van der Waals surface area (Å²) in [6.07, 6.45) is 0. The molecule has 0 saturated heterocycles. The summed E-state index contributed by atoms with van der Waals surface area (Å²) >= 11 is -0.556. The molecule has 2 aromatic rings. The van der Waals surface area contributed by atoms with Crippen LogP contribution in [0.1, 0.15) is 25.0 Å². The zero-order chi connectivity index (χ0) is 18.1. The molecule has 0 aliphatic rings. The van der Waals surface area contributed by atoms with Gasteiger partial charge in [-0.1, -0.05) is 32.3 Å². The van der Waals surface area contributed by atoms with E-state index < -0.39 is 17.0 Å². The van der Waals surface area contributed by atoms with Crippen molar-refractivity contribution in [1.29, 1.82) is 0 Å². The van der Waals surface area contributed by atoms with Crippen LogP contribution in [-0.2, 0) is 17.0 Å². The van der Waals surface area contributed by atoms with Gasteiger partial charge in [-0.2, -0.15) is 0 Å². The van der Waals surface area contributed by atoms with Crippen LogP contribution in [-0.4, -0.2) is 18.2 Å². The summed E-state index contributed by atoms with van der Waals surface area (Å²) in [5.74, 6) is 0.396. The van der Waals surface area contributed by atoms with Crippen molar-refractivity contribution in [3.8, 4) is 5.75 Å². The molecule has 0 saturated carbocycles. The van der Waals surface area contributed by atoms with Gasteiger partial charge in [0.25, 0.3) is 0 Å². The number of halogens is 2. The van der Waals surface area contributed by atoms with E-state index in [2.05, 4.69) is 56.9 Å². The van der Waals surface area contributed by atoms with Crippen molar-refractivity contribution in [3.63, 3.8) is 0 Å². The van der Waals surface area contributed by atoms with Crippen LogP contribution < -0.4 is 15.5 Å². The predicted octanol–water partition coefficient (Wildman–Crippen LogP) is 4.86. The van der Waals surface area contributed by atoms with Crippen molar-refractivity contribution in [2.24, 2.45) is 0 Å². The van der Waals surface area contributed by atoms with Gasteiger partial charge in [-0.3, -0.25) is 0 Å². The number of nitrogens with zero attached hydrogens (tertiary/aromatic N) is 1. The molecule has 0 heterocycles. The monoisotopic (exact) mass is 419 g/mol. The standard InChI is InChI=1S/C18H24NOP.2ClH.Ti/c1-5-19(6-2)15-9-7-8-14(4)18(15)21-17-12-13(3)10-11-16(17)20;;;/h7-12,20-21H,5-6H2,1-4H3;2*1H;/q;;;+2/p-2. The van der Waals surface area contributed by atoms with E-state index in [0.717, 1.165) is 18.4 Å². The molecule has 1 N–H and O–H groups in total. The minimum absolute atomic E-state index is 0.396. The molecule has 130 valence electrons. The van der Waals surface area contributed by atoms with E-state index in [9.17, 15) is 5.11 Å². The average Bonchev–Trinajstić information content (AvgIpc) is 2.55. The van der Waals surface area contributed by atoms with E-state index in [-0.39, 0.29) is 0 Å². The molecule has 2 aromatic carbocycles. The molecule has 2 rings (SSSR count). The second kappa shape index (κ2) is 11.4. The third-order valence-corrected chi connectivity index (χ3v) is 5.34. The Kier molecular flexibility index (Phi) is 10.4. The molecular formula is C18H24Cl2NOPTi. The fourth-order valence-corrected chi connectivity index (χ4v) is 3.96. The van der Waals surface area contributed by atoms with Crippen molar-refractivity contribution < 1.29 is 22.1 Å². The van der Waals surface area contributed by atoms with Crippen molar-refractivity contribution in [1.82, 2.24) is 0 Å². The Bertz CT molecular complexity index is 651. The average molecular weight is 420 g/mol. The summed E-state index contributed by atoms with van der Waals surface area (Å²) in [7, 11) is 10.3. The Balaban J connectivity index is 0.000000891. The van der Waals surface area contributed by atoms with Gasteiger partial charge in [0, 0.05) is 29.4 Å². The molecule has 0 aliphatic heterocycles. The fourth-order valence-electron chi connectivity index (χ4n) is 2.53. The quantitative estimate of drug-likeness (QED) is 0.552. The second-order valence-corrected chi connectivity index (χ2v) is 9.23. The number of phenols is 1. The van der Waals surface area contributed by atoms with E-state index >= 15 is 0 Å². The van der Waals surface area contributed by atoms with Crippen LogP contribution in [0.4, 0.5) is 5.69 Å². The first-order valence-electron chi connectivity index (χ1n) is 7.85. The maximum absolute atomic E-state index is 10.1. The molecule has 1 unspecified atom stereocenters. The number of benzene rings is 2. The molecule has 0 radical (unpaired) electrons. The number of anilines is 1. The van der Waals surface area contributed by atoms with Crippen LogP contribution in [0, 0.1) is 13.8 Å². The topological polar surface area (TPSA) is 23.5 Å². The summed E-state index contributed by atoms with van der Waals surface area (Å²) in [6, 6.07) is 12.3. The van der Waals surface area contributed by atoms with Gasteiger partial charge in [0.05, 0.1) is 0 Å². The molecule has 0 aromatic heterocycles. The molecule has 0 amide bonds. The van der Waals surface area contributed by atoms with E-state index in [4.69, 9.17) is 18.6 Å². The SMILES string of the molecule is CCN(CC)c1cccc(C)c1Pc1cc(C)ccc1O.[Cl][Ti][Cl]. The summed E-state index contributed by atoms with van der Waals surface area (Å²) in [4.78, 5) is 2.38. The normalized spacial score (nSPS) is 10.4. The fraction of sp³-hybridized carbons (Fsp3) is 0.333. The molecule has 6 heteroatoms. The molecule has 2 nitrogen and oxygen atoms in total. The zero-order valence-electron chi connectivity index (χ0n) is 14.5. The molecule has 24 heavy (non-hydrogen) atoms. The zero-order valence-corrected chi connectivity index (χ0v) is 18.6. The first-order valence-corrected chi connectivity index (χ1v) is 13.2. The molecule has 0 spiro atoms. The Labute approximate surface area is 164 Å². The van der Waals surface area contributed by atoms with Crippen LogP contribution in [0.2, 0.25) is 0 Å². The number of hydrogen-bond acceptors (Lipinski definition) is 2. The van der Waals surface area contributed by atoms with Gasteiger partial charge >= 0.3 is 35.6 Å². The van der Waals surface area contributed by atoms with Gasteiger partial charge in [-0.25, -0.2) is 0 Å². The van der Waals surface area contributed by atoms with Crippen molar-refractivity contribution in [2.45, 2.75) is 27.7 Å². The van der Waals surface area contributed by atoms with E-state index in [1.165, 1.54) is 22.1 Å². The van der Waals surface area contributed by atoms with Crippen molar-refractivity contribution in [2.75, 3.05) is 18.0 Å². The summed E-state index contributed by atoms with van der Waals surface area (Å²) < 4.78 is 0. The van der Waals surface area contributed by atoms with Gasteiger partial charge < -0.3 is 10.0 Å². The molecule has 0 fully saturated rings. The Hall–Kier alpha value is -0.236. The number of aromatic hydroxyl groups is 1. The Morgan fingerprint density at radius 3 is 2.29 bits per heavy atom. The number of hydrogen-bond donors (Lipinski definition) is 1. The van der Waals surface area contributed by atoms with Gasteiger partial charge in [0.15, 0.2) is 0 Å². The predicted molar refractivity (Wildman–Crippen MR) is 107 cm³/mol. The maximum atomic E-state index is 10.1. The van der Waals surface area contributed by atoms with Crippen LogP contribution in [0.5, 0.6) is 5.75 Å².